The minimum Gasteiger partial charge on any atom is -0.484 e. The highest BCUT2D eigenvalue weighted by molar-refractivity contribution is 6.35. The molecule has 2 amide bonds. The second-order valence-corrected chi connectivity index (χ2v) is 8.16. The second kappa shape index (κ2) is 11.2. The van der Waals surface area contributed by atoms with Gasteiger partial charge in [0.25, 0.3) is 5.91 Å². The van der Waals surface area contributed by atoms with Crippen molar-refractivity contribution in [3.8, 4) is 5.75 Å². The van der Waals surface area contributed by atoms with Gasteiger partial charge in [-0.3, -0.25) is 9.59 Å². The molecule has 0 aliphatic carbocycles. The standard InChI is InChI=1S/C22H25Cl2FN2O3/c1-14(2)11-26-22(29)15(3)27(12-16-4-5-17(23)10-20(16)24)21(28)13-30-19-8-6-18(25)7-9-19/h4-10,14-15H,11-13H2,1-3H3,(H,26,29)/t15-/m0/s1. The first-order chi connectivity index (χ1) is 14.2. The van der Waals surface area contributed by atoms with Crippen LogP contribution in [0.15, 0.2) is 42.5 Å². The number of hydrogen-bond acceptors (Lipinski definition) is 3. The SMILES string of the molecule is CC(C)CNC(=O)[C@H](C)N(Cc1ccc(Cl)cc1Cl)C(=O)COc1ccc(F)cc1. The van der Waals surface area contributed by atoms with Gasteiger partial charge in [-0.15, -0.1) is 0 Å². The molecule has 0 spiro atoms. The molecule has 1 N–H and O–H groups in total. The lowest BCUT2D eigenvalue weighted by molar-refractivity contribution is -0.142. The molecule has 0 aromatic heterocycles. The Bertz CT molecular complexity index is 875. The summed E-state index contributed by atoms with van der Waals surface area (Å²) in [6.45, 7) is 5.92. The van der Waals surface area contributed by atoms with Crippen molar-refractivity contribution in [2.24, 2.45) is 5.92 Å². The van der Waals surface area contributed by atoms with E-state index in [4.69, 9.17) is 27.9 Å². The highest BCUT2D eigenvalue weighted by Crippen LogP contribution is 2.23. The lowest BCUT2D eigenvalue weighted by atomic mass is 10.1. The number of nitrogens with one attached hydrogen (secondary N) is 1. The van der Waals surface area contributed by atoms with Gasteiger partial charge in [0.1, 0.15) is 17.6 Å². The van der Waals surface area contributed by atoms with Gasteiger partial charge in [0.05, 0.1) is 0 Å². The zero-order chi connectivity index (χ0) is 22.3. The predicted octanol–water partition coefficient (Wildman–Crippen LogP) is 4.70. The fourth-order valence-electron chi connectivity index (χ4n) is 2.63. The average Bonchev–Trinajstić information content (AvgIpc) is 2.70. The highest BCUT2D eigenvalue weighted by atomic mass is 35.5. The van der Waals surface area contributed by atoms with E-state index >= 15 is 0 Å². The molecular weight excluding hydrogens is 430 g/mol. The number of amides is 2. The van der Waals surface area contributed by atoms with Crippen molar-refractivity contribution in [3.63, 3.8) is 0 Å². The van der Waals surface area contributed by atoms with Crippen LogP contribution in [0.5, 0.6) is 5.75 Å². The Balaban J connectivity index is 2.16. The highest BCUT2D eigenvalue weighted by Gasteiger charge is 2.27. The molecule has 1 atom stereocenters. The Labute approximate surface area is 186 Å². The van der Waals surface area contributed by atoms with Crippen LogP contribution in [-0.2, 0) is 16.1 Å². The van der Waals surface area contributed by atoms with Crippen LogP contribution in [0.3, 0.4) is 0 Å². The molecule has 0 radical (unpaired) electrons. The molecule has 0 saturated heterocycles. The summed E-state index contributed by atoms with van der Waals surface area (Å²) in [4.78, 5) is 26.9. The van der Waals surface area contributed by atoms with Gasteiger partial charge < -0.3 is 15.0 Å². The van der Waals surface area contributed by atoms with Gasteiger partial charge >= 0.3 is 0 Å². The van der Waals surface area contributed by atoms with E-state index in [-0.39, 0.29) is 25.0 Å². The summed E-state index contributed by atoms with van der Waals surface area (Å²) in [6, 6.07) is 9.57. The first-order valence-corrected chi connectivity index (χ1v) is 10.3. The Hall–Kier alpha value is -2.31. The van der Waals surface area contributed by atoms with E-state index in [1.807, 2.05) is 13.8 Å². The van der Waals surface area contributed by atoms with Gasteiger partial charge in [-0.05, 0) is 54.8 Å². The van der Waals surface area contributed by atoms with Gasteiger partial charge in [0, 0.05) is 23.1 Å². The molecule has 0 aliphatic rings. The van der Waals surface area contributed by atoms with Crippen LogP contribution >= 0.6 is 23.2 Å². The molecule has 2 aromatic carbocycles. The van der Waals surface area contributed by atoms with Crippen LogP contribution < -0.4 is 10.1 Å². The Kier molecular flexibility index (Phi) is 8.93. The van der Waals surface area contributed by atoms with Crippen molar-refractivity contribution >= 4 is 35.0 Å². The number of rotatable bonds is 9. The first kappa shape index (κ1) is 24.0. The summed E-state index contributed by atoms with van der Waals surface area (Å²) in [6.07, 6.45) is 0. The summed E-state index contributed by atoms with van der Waals surface area (Å²) < 4.78 is 18.5. The summed E-state index contributed by atoms with van der Waals surface area (Å²) in [5.74, 6) is -0.450. The van der Waals surface area contributed by atoms with Gasteiger partial charge in [0.15, 0.2) is 6.61 Å². The van der Waals surface area contributed by atoms with E-state index in [0.717, 1.165) is 0 Å². The number of benzene rings is 2. The van der Waals surface area contributed by atoms with Crippen molar-refractivity contribution < 1.29 is 18.7 Å². The number of ether oxygens (including phenoxy) is 1. The van der Waals surface area contributed by atoms with Crippen molar-refractivity contribution in [1.82, 2.24) is 10.2 Å². The summed E-state index contributed by atoms with van der Waals surface area (Å²) >= 11 is 12.2. The normalized spacial score (nSPS) is 11.8. The molecule has 8 heteroatoms. The smallest absolute Gasteiger partial charge is 0.261 e. The Morgan fingerprint density at radius 2 is 1.77 bits per heavy atom. The number of halogens is 3. The number of nitrogens with zero attached hydrogens (tertiary/aromatic N) is 1. The third-order valence-electron chi connectivity index (χ3n) is 4.38. The molecule has 0 aliphatic heterocycles. The molecular formula is C22H25Cl2FN2O3. The maximum absolute atomic E-state index is 13.0. The molecule has 0 heterocycles. The monoisotopic (exact) mass is 454 g/mol. The molecule has 0 saturated carbocycles. The molecule has 0 bridgehead atoms. The van der Waals surface area contributed by atoms with Crippen LogP contribution in [0.2, 0.25) is 10.0 Å². The quantitative estimate of drug-likeness (QED) is 0.597. The topological polar surface area (TPSA) is 58.6 Å². The molecule has 162 valence electrons. The largest absolute Gasteiger partial charge is 0.484 e. The Morgan fingerprint density at radius 1 is 1.10 bits per heavy atom. The summed E-state index contributed by atoms with van der Waals surface area (Å²) in [5.41, 5.74) is 0.653. The van der Waals surface area contributed by atoms with Crippen LogP contribution in [0.4, 0.5) is 4.39 Å². The van der Waals surface area contributed by atoms with Crippen LogP contribution in [0, 0.1) is 11.7 Å². The fraction of sp³-hybridized carbons (Fsp3) is 0.364. The van der Waals surface area contributed by atoms with Gasteiger partial charge in [0.2, 0.25) is 5.91 Å². The maximum atomic E-state index is 13.0. The molecule has 30 heavy (non-hydrogen) atoms. The zero-order valence-electron chi connectivity index (χ0n) is 17.1. The van der Waals surface area contributed by atoms with Crippen LogP contribution in [-0.4, -0.2) is 35.9 Å². The Morgan fingerprint density at radius 3 is 2.37 bits per heavy atom. The average molecular weight is 455 g/mol. The minimum atomic E-state index is -0.750. The molecule has 2 rings (SSSR count). The number of carbonyl (C=O) groups excluding carboxylic acids is 2. The van der Waals surface area contributed by atoms with Crippen LogP contribution in [0.25, 0.3) is 0 Å². The van der Waals surface area contributed by atoms with E-state index in [1.165, 1.54) is 29.2 Å². The van der Waals surface area contributed by atoms with Crippen molar-refractivity contribution in [2.75, 3.05) is 13.2 Å². The van der Waals surface area contributed by atoms with Crippen molar-refractivity contribution in [3.05, 3.63) is 63.9 Å². The zero-order valence-corrected chi connectivity index (χ0v) is 18.6. The van der Waals surface area contributed by atoms with Gasteiger partial charge in [-0.1, -0.05) is 43.1 Å². The van der Waals surface area contributed by atoms with E-state index in [0.29, 0.717) is 27.9 Å². The number of carbonyl (C=O) groups is 2. The van der Waals surface area contributed by atoms with Crippen LogP contribution in [0.1, 0.15) is 26.3 Å². The van der Waals surface area contributed by atoms with E-state index in [2.05, 4.69) is 5.32 Å². The third kappa shape index (κ3) is 7.18. The lowest BCUT2D eigenvalue weighted by Crippen LogP contribution is -2.49. The van der Waals surface area contributed by atoms with E-state index in [1.54, 1.807) is 25.1 Å². The van der Waals surface area contributed by atoms with Gasteiger partial charge in [-0.25, -0.2) is 4.39 Å². The van der Waals surface area contributed by atoms with E-state index < -0.39 is 17.8 Å². The molecule has 0 unspecified atom stereocenters. The molecule has 5 nitrogen and oxygen atoms in total. The third-order valence-corrected chi connectivity index (χ3v) is 4.97. The minimum absolute atomic E-state index is 0.109. The van der Waals surface area contributed by atoms with Crippen molar-refractivity contribution in [2.45, 2.75) is 33.4 Å². The summed E-state index contributed by atoms with van der Waals surface area (Å²) in [7, 11) is 0. The van der Waals surface area contributed by atoms with Crippen molar-refractivity contribution in [1.29, 1.82) is 0 Å². The fourth-order valence-corrected chi connectivity index (χ4v) is 3.10. The maximum Gasteiger partial charge on any atom is 0.261 e. The number of hydrogen-bond donors (Lipinski definition) is 1. The summed E-state index contributed by atoms with van der Waals surface area (Å²) in [5, 5.41) is 3.71. The lowest BCUT2D eigenvalue weighted by Gasteiger charge is -2.29. The predicted molar refractivity (Wildman–Crippen MR) is 116 cm³/mol. The van der Waals surface area contributed by atoms with Gasteiger partial charge in [-0.2, -0.15) is 0 Å². The first-order valence-electron chi connectivity index (χ1n) is 9.57. The van der Waals surface area contributed by atoms with E-state index in [9.17, 15) is 14.0 Å². The molecule has 0 fully saturated rings. The second-order valence-electron chi connectivity index (χ2n) is 7.31. The molecule has 2 aromatic rings.